The molecule has 274 valence electrons. The van der Waals surface area contributed by atoms with Crippen molar-refractivity contribution in [2.45, 2.75) is 47.1 Å². The van der Waals surface area contributed by atoms with E-state index in [0.29, 0.717) is 77.8 Å². The van der Waals surface area contributed by atoms with E-state index in [1.54, 1.807) is 70.3 Å². The van der Waals surface area contributed by atoms with Gasteiger partial charge in [0.2, 0.25) is 0 Å². The largest absolute Gasteiger partial charge is 0.481 e. The van der Waals surface area contributed by atoms with Crippen LogP contribution in [0.3, 0.4) is 0 Å². The lowest BCUT2D eigenvalue weighted by Gasteiger charge is -2.21. The van der Waals surface area contributed by atoms with Crippen molar-refractivity contribution in [3.05, 3.63) is 134 Å². The van der Waals surface area contributed by atoms with Crippen LogP contribution in [0.2, 0.25) is 10.0 Å². The Morgan fingerprint density at radius 2 is 1.62 bits per heavy atom. The summed E-state index contributed by atoms with van der Waals surface area (Å²) in [6.45, 7) is 14.6. The van der Waals surface area contributed by atoms with Gasteiger partial charge in [0.15, 0.2) is 0 Å². The van der Waals surface area contributed by atoms with Gasteiger partial charge in [-0.15, -0.1) is 6.58 Å². The predicted octanol–water partition coefficient (Wildman–Crippen LogP) is 7.46. The van der Waals surface area contributed by atoms with Crippen molar-refractivity contribution < 1.29 is 24.9 Å². The molecule has 1 saturated heterocycles. The molecule has 8 bridgehead atoms. The summed E-state index contributed by atoms with van der Waals surface area (Å²) >= 11 is 12.4. The molecule has 11 nitrogen and oxygen atoms in total. The molecule has 1 fully saturated rings. The van der Waals surface area contributed by atoms with E-state index in [9.17, 15) is 24.9 Å². The lowest BCUT2D eigenvalue weighted by atomic mass is 9.87. The van der Waals surface area contributed by atoms with Crippen molar-refractivity contribution in [3.8, 4) is 0 Å². The second-order valence-corrected chi connectivity index (χ2v) is 14.6. The number of aliphatic imine (C=N–C) groups is 3. The summed E-state index contributed by atoms with van der Waals surface area (Å²) in [5.41, 5.74) is 11.9. The van der Waals surface area contributed by atoms with Crippen molar-refractivity contribution in [2.24, 2.45) is 38.6 Å². The minimum Gasteiger partial charge on any atom is -0.481 e. The number of nitrogens with zero attached hydrogens (tertiary/aromatic N) is 3. The number of carboxylic acids is 2. The second kappa shape index (κ2) is 14.3. The Bertz CT molecular complexity index is 2210. The highest BCUT2D eigenvalue weighted by atomic mass is 35.5. The van der Waals surface area contributed by atoms with Crippen molar-refractivity contribution in [3.63, 3.8) is 0 Å². The number of benzene rings is 1. The molecular weight excluding hydrogens is 715 g/mol. The molecule has 0 saturated carbocycles. The van der Waals surface area contributed by atoms with Gasteiger partial charge in [-0.25, -0.2) is 15.0 Å². The molecule has 1 aromatic rings. The minimum atomic E-state index is -1.57. The smallest absolute Gasteiger partial charge is 0.310 e. The molecule has 5 heterocycles. The highest BCUT2D eigenvalue weighted by Gasteiger charge is 2.40. The number of aliphatic carboxylic acids is 2. The average Bonchev–Trinajstić information content (AvgIpc) is 3.74. The first-order valence-corrected chi connectivity index (χ1v) is 17.8. The van der Waals surface area contributed by atoms with E-state index in [-0.39, 0.29) is 11.8 Å². The number of aliphatic hydroxyl groups is 1. The molecule has 0 spiro atoms. The molecule has 0 amide bonds. The highest BCUT2D eigenvalue weighted by Crippen LogP contribution is 2.41. The Hall–Kier alpha value is -5.23. The molecule has 5 aliphatic rings. The molecule has 53 heavy (non-hydrogen) atoms. The topological polar surface area (TPSA) is 168 Å². The van der Waals surface area contributed by atoms with Gasteiger partial charge in [-0.3, -0.25) is 15.0 Å². The van der Waals surface area contributed by atoms with E-state index in [1.165, 1.54) is 0 Å². The van der Waals surface area contributed by atoms with Crippen molar-refractivity contribution in [2.75, 3.05) is 5.43 Å². The van der Waals surface area contributed by atoms with Gasteiger partial charge in [-0.2, -0.15) is 0 Å². The Balaban J connectivity index is 1.56. The van der Waals surface area contributed by atoms with Crippen LogP contribution in [0.5, 0.6) is 0 Å². The molecule has 5 atom stereocenters. The van der Waals surface area contributed by atoms with Crippen LogP contribution in [0, 0.1) is 23.7 Å². The zero-order chi connectivity index (χ0) is 38.5. The summed E-state index contributed by atoms with van der Waals surface area (Å²) in [6, 6.07) is 5.03. The zero-order valence-electron chi connectivity index (χ0n) is 30.0. The number of fused-ring (bicyclic) bond motifs is 5. The van der Waals surface area contributed by atoms with Gasteiger partial charge >= 0.3 is 11.9 Å². The van der Waals surface area contributed by atoms with Crippen LogP contribution in [-0.4, -0.2) is 50.0 Å². The Kier molecular flexibility index (Phi) is 10.1. The minimum absolute atomic E-state index is 0.0665. The molecule has 6 rings (SSSR count). The van der Waals surface area contributed by atoms with Gasteiger partial charge in [-0.1, -0.05) is 36.2 Å². The van der Waals surface area contributed by atoms with Gasteiger partial charge in [-0.05, 0) is 105 Å². The molecule has 1 aromatic carbocycles. The molecule has 6 N–H and O–H groups in total. The maximum Gasteiger partial charge on any atom is 0.310 e. The third kappa shape index (κ3) is 6.88. The molecule has 0 aromatic heterocycles. The van der Waals surface area contributed by atoms with E-state index in [1.807, 2.05) is 25.2 Å². The summed E-state index contributed by atoms with van der Waals surface area (Å²) in [4.78, 5) is 39.5. The number of halogens is 2. The predicted molar refractivity (Wildman–Crippen MR) is 210 cm³/mol. The van der Waals surface area contributed by atoms with Gasteiger partial charge in [0.25, 0.3) is 0 Å². The highest BCUT2D eigenvalue weighted by molar-refractivity contribution is 6.36. The first-order valence-electron chi connectivity index (χ1n) is 17.0. The first kappa shape index (κ1) is 37.5. The summed E-state index contributed by atoms with van der Waals surface area (Å²) in [5, 5.41) is 36.8. The molecule has 5 unspecified atom stereocenters. The quantitative estimate of drug-likeness (QED) is 0.112. The van der Waals surface area contributed by atoms with Crippen LogP contribution < -0.4 is 16.2 Å². The van der Waals surface area contributed by atoms with Crippen LogP contribution in [0.15, 0.2) is 139 Å². The normalized spacial score (nSPS) is 24.9. The Morgan fingerprint density at radius 1 is 0.943 bits per heavy atom. The van der Waals surface area contributed by atoms with Crippen LogP contribution in [0.1, 0.15) is 41.5 Å². The maximum absolute atomic E-state index is 12.4. The molecule has 0 radical (unpaired) electrons. The van der Waals surface area contributed by atoms with Gasteiger partial charge in [0, 0.05) is 40.0 Å². The number of hydrogen-bond acceptors (Lipinski definition) is 9. The third-order valence-electron chi connectivity index (χ3n) is 10.3. The maximum atomic E-state index is 12.4. The standard InChI is InChI=1S/C40H40Cl2N6O5/c1-8-24-18(2)28-14-29-19(3)36(21(5)38(49)50)33(45-29)16-34-37(22(6)39(51)52)20(4)30(46-34)15-32-25(40(7,53)35(47-32)17-31(24)44-28)11-12-43-48-27-10-9-23(41)13-26(27)42/h8-18,21-22,24,43-44,48,53H,1H2,2-7H3,(H,49,50)(H,51,52). The van der Waals surface area contributed by atoms with E-state index in [2.05, 4.69) is 29.7 Å². The molecule has 13 heteroatoms. The number of anilines is 1. The van der Waals surface area contributed by atoms with Gasteiger partial charge in [0.1, 0.15) is 5.60 Å². The van der Waals surface area contributed by atoms with Crippen molar-refractivity contribution in [1.29, 1.82) is 0 Å². The lowest BCUT2D eigenvalue weighted by Crippen LogP contribution is -2.34. The molecular formula is C40H40Cl2N6O5. The van der Waals surface area contributed by atoms with Gasteiger partial charge in [0.05, 0.1) is 56.8 Å². The van der Waals surface area contributed by atoms with E-state index >= 15 is 0 Å². The fraction of sp³-hybridized carbons (Fsp3) is 0.275. The molecule has 5 aliphatic heterocycles. The monoisotopic (exact) mass is 754 g/mol. The number of rotatable bonds is 9. The van der Waals surface area contributed by atoms with E-state index in [0.717, 1.165) is 11.4 Å². The summed E-state index contributed by atoms with van der Waals surface area (Å²) in [6.07, 6.45) is 12.3. The summed E-state index contributed by atoms with van der Waals surface area (Å²) in [5.74, 6) is -4.14. The average molecular weight is 756 g/mol. The van der Waals surface area contributed by atoms with Crippen molar-refractivity contribution >= 4 is 58.0 Å². The SMILES string of the molecule is C=CC1C2=CC3=NC(=C(C=CNNc4ccc(Cl)cc4Cl)C3(C)O)C=C3N=C(C=C4N=C(C=C(N2)C1C)C(C)=C4C(C)C(=O)O)C(C(C)C(=O)O)=C3C. The van der Waals surface area contributed by atoms with E-state index < -0.39 is 29.4 Å². The summed E-state index contributed by atoms with van der Waals surface area (Å²) in [7, 11) is 0. The Morgan fingerprint density at radius 3 is 2.28 bits per heavy atom. The van der Waals surface area contributed by atoms with Crippen LogP contribution in [0.25, 0.3) is 0 Å². The number of nitrogens with one attached hydrogen (secondary N) is 3. The molecule has 0 aliphatic carbocycles. The number of carbonyl (C=O) groups is 2. The second-order valence-electron chi connectivity index (χ2n) is 13.7. The first-order chi connectivity index (χ1) is 25.0. The van der Waals surface area contributed by atoms with Crippen LogP contribution in [-0.2, 0) is 9.59 Å². The van der Waals surface area contributed by atoms with Crippen LogP contribution in [0.4, 0.5) is 5.69 Å². The number of allylic oxidation sites excluding steroid dienone is 8. The lowest BCUT2D eigenvalue weighted by molar-refractivity contribution is -0.140. The number of carboxylic acid groups (broad SMARTS) is 2. The van der Waals surface area contributed by atoms with Gasteiger partial charge < -0.3 is 26.1 Å². The third-order valence-corrected chi connectivity index (χ3v) is 10.8. The van der Waals surface area contributed by atoms with Crippen molar-refractivity contribution in [1.82, 2.24) is 10.7 Å². The Labute approximate surface area is 317 Å². The number of hydrogen-bond donors (Lipinski definition) is 6. The fourth-order valence-electron chi connectivity index (χ4n) is 7.11. The van der Waals surface area contributed by atoms with E-state index in [4.69, 9.17) is 38.2 Å². The zero-order valence-corrected chi connectivity index (χ0v) is 31.6. The summed E-state index contributed by atoms with van der Waals surface area (Å²) < 4.78 is 0. The number of hydrazine groups is 1. The van der Waals surface area contributed by atoms with Crippen LogP contribution >= 0.6 is 23.2 Å². The fourth-order valence-corrected chi connectivity index (χ4v) is 7.57.